The number of esters is 1. The van der Waals surface area contributed by atoms with Crippen LogP contribution in [0.1, 0.15) is 32.3 Å². The van der Waals surface area contributed by atoms with Crippen molar-refractivity contribution in [2.75, 3.05) is 6.61 Å². The van der Waals surface area contributed by atoms with Crippen molar-refractivity contribution >= 4 is 33.8 Å². The second-order valence-corrected chi connectivity index (χ2v) is 5.12. The van der Waals surface area contributed by atoms with Crippen molar-refractivity contribution in [2.45, 2.75) is 26.7 Å². The molecule has 0 aliphatic heterocycles. The fraction of sp³-hybridized carbons (Fsp3) is 0.333. The van der Waals surface area contributed by atoms with E-state index in [-0.39, 0.29) is 18.0 Å². The van der Waals surface area contributed by atoms with E-state index in [2.05, 4.69) is 15.9 Å². The van der Waals surface area contributed by atoms with E-state index in [1.54, 1.807) is 0 Å². The molecule has 20 heavy (non-hydrogen) atoms. The molecule has 0 aromatic heterocycles. The lowest BCUT2D eigenvalue weighted by Crippen LogP contribution is -2.14. The van der Waals surface area contributed by atoms with Gasteiger partial charge >= 0.3 is 5.97 Å². The van der Waals surface area contributed by atoms with Crippen LogP contribution in [0.5, 0.6) is 0 Å². The summed E-state index contributed by atoms with van der Waals surface area (Å²) in [6.07, 6.45) is 3.05. The molecule has 0 amide bonds. The topological polar surface area (TPSA) is 43.4 Å². The normalized spacial score (nSPS) is 11.3. The first kappa shape index (κ1) is 16.6. The van der Waals surface area contributed by atoms with Crippen molar-refractivity contribution in [1.29, 1.82) is 0 Å². The second kappa shape index (κ2) is 7.94. The van der Waals surface area contributed by atoms with Gasteiger partial charge in [0.15, 0.2) is 5.78 Å². The Bertz CT molecular complexity index is 538. The number of ketones is 1. The lowest BCUT2D eigenvalue weighted by Gasteiger charge is -2.06. The molecule has 0 heterocycles. The van der Waals surface area contributed by atoms with Crippen LogP contribution in [0, 0.1) is 5.82 Å². The Morgan fingerprint density at radius 1 is 1.40 bits per heavy atom. The van der Waals surface area contributed by atoms with Gasteiger partial charge in [0, 0.05) is 4.47 Å². The number of ether oxygens (including phenoxy) is 1. The zero-order chi connectivity index (χ0) is 15.1. The lowest BCUT2D eigenvalue weighted by molar-refractivity contribution is -0.140. The third kappa shape index (κ3) is 4.89. The molecule has 5 heteroatoms. The van der Waals surface area contributed by atoms with Gasteiger partial charge in [-0.2, -0.15) is 0 Å². The van der Waals surface area contributed by atoms with Gasteiger partial charge in [-0.25, -0.2) is 9.18 Å². The van der Waals surface area contributed by atoms with E-state index in [1.165, 1.54) is 31.2 Å². The standard InChI is InChI=1S/C15H16BrFO3/c1-3-4-7-20-15(19)13(10(2)18)8-11-5-6-12(17)9-14(11)16/h5-6,8-9H,3-4,7H2,1-2H3/b13-8-. The molecule has 0 saturated carbocycles. The highest BCUT2D eigenvalue weighted by molar-refractivity contribution is 9.10. The van der Waals surface area contributed by atoms with Gasteiger partial charge in [0.05, 0.1) is 6.61 Å². The molecule has 0 bridgehead atoms. The molecule has 1 aromatic rings. The number of benzene rings is 1. The summed E-state index contributed by atoms with van der Waals surface area (Å²) < 4.78 is 18.5. The van der Waals surface area contributed by atoms with Crippen LogP contribution in [-0.4, -0.2) is 18.4 Å². The Morgan fingerprint density at radius 3 is 2.65 bits per heavy atom. The number of Topliss-reactive ketones (excluding diaryl/α,β-unsaturated/α-hetero) is 1. The van der Waals surface area contributed by atoms with Gasteiger partial charge < -0.3 is 4.74 Å². The summed E-state index contributed by atoms with van der Waals surface area (Å²) in [6, 6.07) is 4.02. The molecule has 0 atom stereocenters. The van der Waals surface area contributed by atoms with Crippen LogP contribution < -0.4 is 0 Å². The predicted octanol–water partition coefficient (Wildman–Crippen LogP) is 3.90. The number of carbonyl (C=O) groups excluding carboxylic acids is 2. The minimum absolute atomic E-state index is 0.0478. The van der Waals surface area contributed by atoms with E-state index >= 15 is 0 Å². The van der Waals surface area contributed by atoms with Crippen LogP contribution in [0.15, 0.2) is 28.2 Å². The minimum atomic E-state index is -0.651. The minimum Gasteiger partial charge on any atom is -0.462 e. The Labute approximate surface area is 125 Å². The number of halogens is 2. The molecule has 0 aliphatic rings. The van der Waals surface area contributed by atoms with Crippen molar-refractivity contribution in [1.82, 2.24) is 0 Å². The maximum Gasteiger partial charge on any atom is 0.341 e. The molecule has 0 radical (unpaired) electrons. The Balaban J connectivity index is 2.98. The Hall–Kier alpha value is -1.49. The molecule has 3 nitrogen and oxygen atoms in total. The summed E-state index contributed by atoms with van der Waals surface area (Å²) >= 11 is 3.19. The fourth-order valence-electron chi connectivity index (χ4n) is 1.47. The van der Waals surface area contributed by atoms with Gasteiger partial charge in [-0.05, 0) is 37.1 Å². The van der Waals surface area contributed by atoms with Crippen LogP contribution in [0.3, 0.4) is 0 Å². The summed E-state index contributed by atoms with van der Waals surface area (Å²) in [5.41, 5.74) is 0.498. The fourth-order valence-corrected chi connectivity index (χ4v) is 1.93. The van der Waals surface area contributed by atoms with Gasteiger partial charge in [-0.15, -0.1) is 0 Å². The molecule has 0 saturated heterocycles. The average Bonchev–Trinajstić information content (AvgIpc) is 2.37. The van der Waals surface area contributed by atoms with Crippen molar-refractivity contribution < 1.29 is 18.7 Å². The van der Waals surface area contributed by atoms with E-state index in [4.69, 9.17) is 4.74 Å². The molecule has 1 aromatic carbocycles. The maximum absolute atomic E-state index is 13.0. The van der Waals surface area contributed by atoms with Gasteiger partial charge in [-0.1, -0.05) is 35.3 Å². The Kier molecular flexibility index (Phi) is 6.58. The molecule has 0 spiro atoms. The van der Waals surface area contributed by atoms with Crippen LogP contribution in [0.25, 0.3) is 6.08 Å². The molecule has 0 aliphatic carbocycles. The maximum atomic E-state index is 13.0. The molecule has 108 valence electrons. The molecular weight excluding hydrogens is 327 g/mol. The first-order chi connectivity index (χ1) is 9.45. The highest BCUT2D eigenvalue weighted by atomic mass is 79.9. The van der Waals surface area contributed by atoms with E-state index in [1.807, 2.05) is 6.92 Å². The highest BCUT2D eigenvalue weighted by Gasteiger charge is 2.16. The Morgan fingerprint density at radius 2 is 2.10 bits per heavy atom. The van der Waals surface area contributed by atoms with Crippen molar-refractivity contribution in [3.05, 3.63) is 39.6 Å². The van der Waals surface area contributed by atoms with Crippen molar-refractivity contribution in [3.63, 3.8) is 0 Å². The first-order valence-electron chi connectivity index (χ1n) is 6.30. The monoisotopic (exact) mass is 342 g/mol. The molecule has 0 unspecified atom stereocenters. The average molecular weight is 343 g/mol. The molecule has 0 N–H and O–H groups in total. The third-order valence-electron chi connectivity index (χ3n) is 2.59. The smallest absolute Gasteiger partial charge is 0.341 e. The van der Waals surface area contributed by atoms with Crippen LogP contribution in [-0.2, 0) is 14.3 Å². The number of rotatable bonds is 6. The van der Waals surface area contributed by atoms with E-state index < -0.39 is 11.8 Å². The number of hydrogen-bond acceptors (Lipinski definition) is 3. The van der Waals surface area contributed by atoms with Gasteiger partial charge in [0.25, 0.3) is 0 Å². The number of unbranched alkanes of at least 4 members (excludes halogenated alkanes) is 1. The second-order valence-electron chi connectivity index (χ2n) is 4.27. The quantitative estimate of drug-likeness (QED) is 0.259. The largest absolute Gasteiger partial charge is 0.462 e. The molecular formula is C15H16BrFO3. The summed E-state index contributed by atoms with van der Waals surface area (Å²) in [6.45, 7) is 3.56. The van der Waals surface area contributed by atoms with Crippen LogP contribution in [0.4, 0.5) is 4.39 Å². The molecule has 1 rings (SSSR count). The van der Waals surface area contributed by atoms with E-state index in [0.29, 0.717) is 10.0 Å². The van der Waals surface area contributed by atoms with Crippen LogP contribution in [0.2, 0.25) is 0 Å². The van der Waals surface area contributed by atoms with Crippen molar-refractivity contribution in [3.8, 4) is 0 Å². The summed E-state index contributed by atoms with van der Waals surface area (Å²) in [5, 5.41) is 0. The zero-order valence-corrected chi connectivity index (χ0v) is 13.0. The third-order valence-corrected chi connectivity index (χ3v) is 3.28. The van der Waals surface area contributed by atoms with Crippen LogP contribution >= 0.6 is 15.9 Å². The summed E-state index contributed by atoms with van der Waals surface area (Å²) in [7, 11) is 0. The number of hydrogen-bond donors (Lipinski definition) is 0. The first-order valence-corrected chi connectivity index (χ1v) is 7.09. The number of carbonyl (C=O) groups is 2. The van der Waals surface area contributed by atoms with Crippen molar-refractivity contribution in [2.24, 2.45) is 0 Å². The van der Waals surface area contributed by atoms with E-state index in [9.17, 15) is 14.0 Å². The van der Waals surface area contributed by atoms with Gasteiger partial charge in [0.1, 0.15) is 11.4 Å². The highest BCUT2D eigenvalue weighted by Crippen LogP contribution is 2.21. The van der Waals surface area contributed by atoms with Gasteiger partial charge in [-0.3, -0.25) is 4.79 Å². The summed E-state index contributed by atoms with van der Waals surface area (Å²) in [4.78, 5) is 23.4. The lowest BCUT2D eigenvalue weighted by atomic mass is 10.1. The van der Waals surface area contributed by atoms with Gasteiger partial charge in [0.2, 0.25) is 0 Å². The summed E-state index contributed by atoms with van der Waals surface area (Å²) in [5.74, 6) is -1.44. The molecule has 0 fully saturated rings. The SMILES string of the molecule is CCCCOC(=O)/C(=C\c1ccc(F)cc1Br)C(C)=O. The van der Waals surface area contributed by atoms with E-state index in [0.717, 1.165) is 12.8 Å². The predicted molar refractivity (Wildman–Crippen MR) is 78.6 cm³/mol. The zero-order valence-electron chi connectivity index (χ0n) is 11.4.